The third-order valence-corrected chi connectivity index (χ3v) is 4.64. The van der Waals surface area contributed by atoms with E-state index in [-0.39, 0.29) is 10.5 Å². The Kier molecular flexibility index (Phi) is 6.38. The molecule has 0 fully saturated rings. The highest BCUT2D eigenvalue weighted by Crippen LogP contribution is 2.04. The van der Waals surface area contributed by atoms with Crippen molar-refractivity contribution in [1.29, 1.82) is 0 Å². The third-order valence-electron chi connectivity index (χ3n) is 3.18. The number of aromatic amines is 1. The van der Waals surface area contributed by atoms with E-state index in [1.165, 1.54) is 18.3 Å². The van der Waals surface area contributed by atoms with Gasteiger partial charge in [-0.05, 0) is 46.3 Å². The van der Waals surface area contributed by atoms with Crippen LogP contribution >= 0.6 is 0 Å². The SMILES string of the molecule is CC(C)N(C)CCCCNS(=O)(=O)c1ccc(=O)[nH]c1. The molecule has 0 bridgehead atoms. The number of unbranched alkanes of at least 4 members (excludes halogenated alkanes) is 1. The monoisotopic (exact) mass is 301 g/mol. The van der Waals surface area contributed by atoms with Crippen LogP contribution in [0.15, 0.2) is 28.0 Å². The molecule has 1 aromatic heterocycles. The molecule has 0 aliphatic rings. The maximum atomic E-state index is 11.9. The Morgan fingerprint density at radius 2 is 2.00 bits per heavy atom. The molecule has 0 saturated heterocycles. The van der Waals surface area contributed by atoms with Gasteiger partial charge in [0.1, 0.15) is 0 Å². The molecule has 7 heteroatoms. The van der Waals surface area contributed by atoms with Crippen LogP contribution < -0.4 is 10.3 Å². The zero-order chi connectivity index (χ0) is 15.2. The standard InChI is InChI=1S/C13H23N3O3S/c1-11(2)16(3)9-5-4-8-15-20(18,19)12-6-7-13(17)14-10-12/h6-7,10-11,15H,4-5,8-9H2,1-3H3,(H,14,17). The number of nitrogens with one attached hydrogen (secondary N) is 2. The summed E-state index contributed by atoms with van der Waals surface area (Å²) >= 11 is 0. The molecular formula is C13H23N3O3S. The number of rotatable bonds is 8. The Hall–Kier alpha value is -1.18. The Morgan fingerprint density at radius 3 is 2.55 bits per heavy atom. The highest BCUT2D eigenvalue weighted by molar-refractivity contribution is 7.89. The van der Waals surface area contributed by atoms with Crippen LogP contribution in [0.4, 0.5) is 0 Å². The minimum atomic E-state index is -3.53. The van der Waals surface area contributed by atoms with E-state index in [1.807, 2.05) is 0 Å². The van der Waals surface area contributed by atoms with Gasteiger partial charge in [-0.1, -0.05) is 0 Å². The zero-order valence-electron chi connectivity index (χ0n) is 12.2. The first-order valence-corrected chi connectivity index (χ1v) is 8.20. The lowest BCUT2D eigenvalue weighted by Crippen LogP contribution is -2.29. The minimum Gasteiger partial charge on any atom is -0.328 e. The van der Waals surface area contributed by atoms with E-state index < -0.39 is 10.0 Å². The first-order chi connectivity index (χ1) is 9.33. The van der Waals surface area contributed by atoms with Crippen molar-refractivity contribution < 1.29 is 8.42 Å². The second kappa shape index (κ2) is 7.56. The van der Waals surface area contributed by atoms with Crippen molar-refractivity contribution in [3.05, 3.63) is 28.7 Å². The predicted molar refractivity (Wildman–Crippen MR) is 79.3 cm³/mol. The molecule has 1 heterocycles. The van der Waals surface area contributed by atoms with Gasteiger partial charge in [0.05, 0.1) is 4.90 Å². The van der Waals surface area contributed by atoms with Crippen molar-refractivity contribution in [3.8, 4) is 0 Å². The van der Waals surface area contributed by atoms with E-state index in [2.05, 4.69) is 35.5 Å². The molecule has 0 atom stereocenters. The molecule has 0 aliphatic heterocycles. The van der Waals surface area contributed by atoms with E-state index in [1.54, 1.807) is 0 Å². The predicted octanol–water partition coefficient (Wildman–Crippen LogP) is 0.774. The van der Waals surface area contributed by atoms with Crippen molar-refractivity contribution in [2.75, 3.05) is 20.1 Å². The zero-order valence-corrected chi connectivity index (χ0v) is 13.0. The van der Waals surface area contributed by atoms with Crippen LogP contribution in [0.1, 0.15) is 26.7 Å². The quantitative estimate of drug-likeness (QED) is 0.695. The molecule has 1 rings (SSSR count). The van der Waals surface area contributed by atoms with Crippen LogP contribution in [0.2, 0.25) is 0 Å². The Bertz CT molecular complexity index is 546. The molecule has 0 aliphatic carbocycles. The van der Waals surface area contributed by atoms with E-state index in [0.717, 1.165) is 19.4 Å². The summed E-state index contributed by atoms with van der Waals surface area (Å²) in [7, 11) is -1.48. The van der Waals surface area contributed by atoms with Crippen molar-refractivity contribution >= 4 is 10.0 Å². The summed E-state index contributed by atoms with van der Waals surface area (Å²) in [6, 6.07) is 2.99. The smallest absolute Gasteiger partial charge is 0.247 e. The van der Waals surface area contributed by atoms with Crippen LogP contribution in [0, 0.1) is 0 Å². The maximum absolute atomic E-state index is 11.9. The Balaban J connectivity index is 2.37. The fourth-order valence-electron chi connectivity index (χ4n) is 1.60. The van der Waals surface area contributed by atoms with Gasteiger partial charge in [-0.15, -0.1) is 0 Å². The summed E-state index contributed by atoms with van der Waals surface area (Å²) in [4.78, 5) is 15.5. The molecule has 2 N–H and O–H groups in total. The summed E-state index contributed by atoms with van der Waals surface area (Å²) < 4.78 is 26.3. The van der Waals surface area contributed by atoms with Crippen LogP contribution in [0.25, 0.3) is 0 Å². The lowest BCUT2D eigenvalue weighted by Gasteiger charge is -2.20. The summed E-state index contributed by atoms with van der Waals surface area (Å²) in [5.41, 5.74) is -0.319. The number of hydrogen-bond donors (Lipinski definition) is 2. The Labute approximate surface area is 120 Å². The fourth-order valence-corrected chi connectivity index (χ4v) is 2.64. The van der Waals surface area contributed by atoms with Gasteiger partial charge in [0, 0.05) is 24.8 Å². The molecule has 0 unspecified atom stereocenters. The van der Waals surface area contributed by atoms with E-state index in [9.17, 15) is 13.2 Å². The summed E-state index contributed by atoms with van der Waals surface area (Å²) in [5, 5.41) is 0. The molecule has 20 heavy (non-hydrogen) atoms. The van der Waals surface area contributed by atoms with Gasteiger partial charge in [-0.25, -0.2) is 13.1 Å². The second-order valence-corrected chi connectivity index (χ2v) is 6.83. The van der Waals surface area contributed by atoms with Gasteiger partial charge in [0.25, 0.3) is 0 Å². The molecular weight excluding hydrogens is 278 g/mol. The number of nitrogens with zero attached hydrogens (tertiary/aromatic N) is 1. The lowest BCUT2D eigenvalue weighted by molar-refractivity contribution is 0.268. The number of aromatic nitrogens is 1. The van der Waals surface area contributed by atoms with Crippen molar-refractivity contribution in [2.24, 2.45) is 0 Å². The largest absolute Gasteiger partial charge is 0.328 e. The highest BCUT2D eigenvalue weighted by Gasteiger charge is 2.13. The van der Waals surface area contributed by atoms with Crippen molar-refractivity contribution in [3.63, 3.8) is 0 Å². The van der Waals surface area contributed by atoms with Gasteiger partial charge in [0.15, 0.2) is 0 Å². The first kappa shape index (κ1) is 16.9. The molecule has 0 spiro atoms. The summed E-state index contributed by atoms with van der Waals surface area (Å²) in [6.07, 6.45) is 2.92. The van der Waals surface area contributed by atoms with E-state index in [0.29, 0.717) is 12.6 Å². The number of H-pyrrole nitrogens is 1. The topological polar surface area (TPSA) is 82.3 Å². The average molecular weight is 301 g/mol. The van der Waals surface area contributed by atoms with Gasteiger partial charge in [-0.3, -0.25) is 4.79 Å². The summed E-state index contributed by atoms with van der Waals surface area (Å²) in [6.45, 7) is 5.59. The van der Waals surface area contributed by atoms with Gasteiger partial charge in [-0.2, -0.15) is 0 Å². The van der Waals surface area contributed by atoms with Crippen LogP contribution in [-0.2, 0) is 10.0 Å². The van der Waals surface area contributed by atoms with Gasteiger partial charge >= 0.3 is 0 Å². The third kappa shape index (κ3) is 5.44. The van der Waals surface area contributed by atoms with Crippen LogP contribution in [0.3, 0.4) is 0 Å². The molecule has 114 valence electrons. The number of sulfonamides is 1. The molecule has 0 saturated carbocycles. The molecule has 1 aromatic rings. The molecule has 6 nitrogen and oxygen atoms in total. The molecule has 0 aromatic carbocycles. The first-order valence-electron chi connectivity index (χ1n) is 6.71. The van der Waals surface area contributed by atoms with Gasteiger partial charge in [0.2, 0.25) is 15.6 Å². The van der Waals surface area contributed by atoms with E-state index >= 15 is 0 Å². The van der Waals surface area contributed by atoms with Gasteiger partial charge < -0.3 is 9.88 Å². The summed E-state index contributed by atoms with van der Waals surface area (Å²) in [5.74, 6) is 0. The normalized spacial score (nSPS) is 12.2. The number of hydrogen-bond acceptors (Lipinski definition) is 4. The number of pyridine rings is 1. The van der Waals surface area contributed by atoms with Crippen LogP contribution in [-0.4, -0.2) is 44.5 Å². The Morgan fingerprint density at radius 1 is 1.30 bits per heavy atom. The van der Waals surface area contributed by atoms with E-state index in [4.69, 9.17) is 0 Å². The lowest BCUT2D eigenvalue weighted by atomic mass is 10.2. The second-order valence-electron chi connectivity index (χ2n) is 5.07. The van der Waals surface area contributed by atoms with Crippen molar-refractivity contribution in [2.45, 2.75) is 37.6 Å². The minimum absolute atomic E-state index is 0.0800. The van der Waals surface area contributed by atoms with Crippen molar-refractivity contribution in [1.82, 2.24) is 14.6 Å². The fraction of sp³-hybridized carbons (Fsp3) is 0.615. The maximum Gasteiger partial charge on any atom is 0.247 e. The molecule has 0 radical (unpaired) electrons. The highest BCUT2D eigenvalue weighted by atomic mass is 32.2. The molecule has 0 amide bonds. The average Bonchev–Trinajstić information content (AvgIpc) is 2.38. The van der Waals surface area contributed by atoms with Crippen LogP contribution in [0.5, 0.6) is 0 Å².